The second-order valence-corrected chi connectivity index (χ2v) is 6.72. The number of carbonyl (C=O) groups excluding carboxylic acids is 1. The van der Waals surface area contributed by atoms with Crippen LogP contribution in [-0.4, -0.2) is 12.2 Å². The standard InChI is InChI=1S/C22H21NOS/c1-16-10-6-7-13-18(16)21(17-11-4-3-5-12-17)23-22(24)19-14-8-9-15-20(19)25-2/h3-15,21H,1-2H3,(H,23,24). The molecule has 0 saturated carbocycles. The van der Waals surface area contributed by atoms with Crippen LogP contribution in [0.25, 0.3) is 0 Å². The summed E-state index contributed by atoms with van der Waals surface area (Å²) >= 11 is 1.58. The first-order valence-electron chi connectivity index (χ1n) is 8.25. The lowest BCUT2D eigenvalue weighted by Gasteiger charge is -2.22. The molecule has 0 aromatic heterocycles. The monoisotopic (exact) mass is 347 g/mol. The van der Waals surface area contributed by atoms with Gasteiger partial charge < -0.3 is 5.32 Å². The minimum atomic E-state index is -0.176. The lowest BCUT2D eigenvalue weighted by Crippen LogP contribution is -2.30. The zero-order chi connectivity index (χ0) is 17.6. The number of nitrogens with one attached hydrogen (secondary N) is 1. The van der Waals surface area contributed by atoms with Crippen LogP contribution >= 0.6 is 11.8 Å². The molecule has 0 bridgehead atoms. The van der Waals surface area contributed by atoms with Crippen molar-refractivity contribution in [2.45, 2.75) is 17.9 Å². The Morgan fingerprint density at radius 1 is 0.880 bits per heavy atom. The number of hydrogen-bond acceptors (Lipinski definition) is 2. The lowest BCUT2D eigenvalue weighted by molar-refractivity contribution is 0.0940. The van der Waals surface area contributed by atoms with Gasteiger partial charge in [0.15, 0.2) is 0 Å². The van der Waals surface area contributed by atoms with Crippen molar-refractivity contribution < 1.29 is 4.79 Å². The van der Waals surface area contributed by atoms with Gasteiger partial charge >= 0.3 is 0 Å². The van der Waals surface area contributed by atoms with Gasteiger partial charge in [-0.25, -0.2) is 0 Å². The fourth-order valence-corrected chi connectivity index (χ4v) is 3.53. The molecule has 0 spiro atoms. The second kappa shape index (κ2) is 8.04. The van der Waals surface area contributed by atoms with Gasteiger partial charge in [-0.05, 0) is 42.0 Å². The predicted octanol–water partition coefficient (Wildman–Crippen LogP) is 5.24. The molecule has 0 fully saturated rings. The number of amides is 1. The van der Waals surface area contributed by atoms with Crippen molar-refractivity contribution in [2.24, 2.45) is 0 Å². The van der Waals surface area contributed by atoms with Crippen molar-refractivity contribution in [1.82, 2.24) is 5.32 Å². The van der Waals surface area contributed by atoms with E-state index in [0.717, 1.165) is 21.6 Å². The number of aryl methyl sites for hydroxylation is 1. The van der Waals surface area contributed by atoms with Gasteiger partial charge in [-0.3, -0.25) is 4.79 Å². The van der Waals surface area contributed by atoms with Crippen LogP contribution in [-0.2, 0) is 0 Å². The number of carbonyl (C=O) groups is 1. The summed E-state index contributed by atoms with van der Waals surface area (Å²) in [5.41, 5.74) is 4.06. The second-order valence-electron chi connectivity index (χ2n) is 5.87. The smallest absolute Gasteiger partial charge is 0.253 e. The van der Waals surface area contributed by atoms with E-state index in [2.05, 4.69) is 36.5 Å². The van der Waals surface area contributed by atoms with Gasteiger partial charge in [0.2, 0.25) is 0 Å². The van der Waals surface area contributed by atoms with Crippen LogP contribution in [0.1, 0.15) is 33.1 Å². The summed E-state index contributed by atoms with van der Waals surface area (Å²) in [5.74, 6) is -0.0537. The summed E-state index contributed by atoms with van der Waals surface area (Å²) < 4.78 is 0. The Balaban J connectivity index is 1.99. The molecule has 1 unspecified atom stereocenters. The van der Waals surface area contributed by atoms with E-state index in [0.29, 0.717) is 5.56 Å². The third-order valence-corrected chi connectivity index (χ3v) is 5.06. The van der Waals surface area contributed by atoms with E-state index < -0.39 is 0 Å². The number of thioether (sulfide) groups is 1. The molecule has 0 aliphatic rings. The van der Waals surface area contributed by atoms with Gasteiger partial charge in [0, 0.05) is 4.90 Å². The molecule has 2 nitrogen and oxygen atoms in total. The van der Waals surface area contributed by atoms with Crippen LogP contribution in [0.5, 0.6) is 0 Å². The average Bonchev–Trinajstić information content (AvgIpc) is 2.67. The quantitative estimate of drug-likeness (QED) is 0.640. The molecule has 0 heterocycles. The predicted molar refractivity (Wildman–Crippen MR) is 105 cm³/mol. The molecule has 0 saturated heterocycles. The number of rotatable bonds is 5. The molecule has 3 heteroatoms. The molecule has 1 amide bonds. The molecule has 3 aromatic rings. The third-order valence-electron chi connectivity index (χ3n) is 4.26. The zero-order valence-corrected chi connectivity index (χ0v) is 15.2. The highest BCUT2D eigenvalue weighted by atomic mass is 32.2. The first-order valence-corrected chi connectivity index (χ1v) is 9.47. The minimum Gasteiger partial charge on any atom is -0.341 e. The van der Waals surface area contributed by atoms with Gasteiger partial charge in [-0.2, -0.15) is 0 Å². The fraction of sp³-hybridized carbons (Fsp3) is 0.136. The van der Waals surface area contributed by atoms with Crippen LogP contribution in [0.4, 0.5) is 0 Å². The van der Waals surface area contributed by atoms with Gasteiger partial charge in [0.1, 0.15) is 0 Å². The van der Waals surface area contributed by atoms with E-state index in [1.165, 1.54) is 0 Å². The Labute approximate surface area is 153 Å². The first kappa shape index (κ1) is 17.3. The summed E-state index contributed by atoms with van der Waals surface area (Å²) in [4.78, 5) is 14.0. The SMILES string of the molecule is CSc1ccccc1C(=O)NC(c1ccccc1)c1ccccc1C. The Kier molecular flexibility index (Phi) is 5.56. The largest absolute Gasteiger partial charge is 0.341 e. The molecular formula is C22H21NOS. The topological polar surface area (TPSA) is 29.1 Å². The van der Waals surface area contributed by atoms with Crippen molar-refractivity contribution in [2.75, 3.05) is 6.26 Å². The molecule has 3 rings (SSSR count). The van der Waals surface area contributed by atoms with E-state index in [-0.39, 0.29) is 11.9 Å². The van der Waals surface area contributed by atoms with Gasteiger partial charge in [0.05, 0.1) is 11.6 Å². The molecule has 1 atom stereocenters. The Bertz CT molecular complexity index is 861. The van der Waals surface area contributed by atoms with Crippen molar-refractivity contribution in [3.63, 3.8) is 0 Å². The summed E-state index contributed by atoms with van der Waals surface area (Å²) in [6.07, 6.45) is 1.99. The molecule has 3 aromatic carbocycles. The summed E-state index contributed by atoms with van der Waals surface area (Å²) in [7, 11) is 0. The maximum absolute atomic E-state index is 13.0. The van der Waals surface area contributed by atoms with Crippen LogP contribution in [0.2, 0.25) is 0 Å². The van der Waals surface area contributed by atoms with E-state index in [1.807, 2.05) is 60.9 Å². The fourth-order valence-electron chi connectivity index (χ4n) is 2.94. The van der Waals surface area contributed by atoms with E-state index >= 15 is 0 Å². The molecule has 0 aliphatic carbocycles. The normalized spacial score (nSPS) is 11.8. The molecular weight excluding hydrogens is 326 g/mol. The van der Waals surface area contributed by atoms with Crippen molar-refractivity contribution in [1.29, 1.82) is 0 Å². The van der Waals surface area contributed by atoms with Crippen LogP contribution < -0.4 is 5.32 Å². The maximum atomic E-state index is 13.0. The molecule has 25 heavy (non-hydrogen) atoms. The van der Waals surface area contributed by atoms with Crippen molar-refractivity contribution in [3.05, 3.63) is 101 Å². The van der Waals surface area contributed by atoms with Gasteiger partial charge in [-0.1, -0.05) is 66.7 Å². The van der Waals surface area contributed by atoms with E-state index in [4.69, 9.17) is 0 Å². The number of benzene rings is 3. The van der Waals surface area contributed by atoms with E-state index in [1.54, 1.807) is 11.8 Å². The highest BCUT2D eigenvalue weighted by Gasteiger charge is 2.20. The van der Waals surface area contributed by atoms with E-state index in [9.17, 15) is 4.79 Å². The average molecular weight is 347 g/mol. The Hall–Kier alpha value is -2.52. The van der Waals surface area contributed by atoms with Crippen LogP contribution in [0.3, 0.4) is 0 Å². The minimum absolute atomic E-state index is 0.0537. The lowest BCUT2D eigenvalue weighted by atomic mass is 9.94. The van der Waals surface area contributed by atoms with Crippen LogP contribution in [0.15, 0.2) is 83.8 Å². The van der Waals surface area contributed by atoms with Crippen molar-refractivity contribution in [3.8, 4) is 0 Å². The molecule has 0 radical (unpaired) electrons. The number of hydrogen-bond donors (Lipinski definition) is 1. The highest BCUT2D eigenvalue weighted by molar-refractivity contribution is 7.98. The molecule has 126 valence electrons. The van der Waals surface area contributed by atoms with Crippen molar-refractivity contribution >= 4 is 17.7 Å². The first-order chi connectivity index (χ1) is 12.2. The Morgan fingerprint density at radius 3 is 2.24 bits per heavy atom. The van der Waals surface area contributed by atoms with Gasteiger partial charge in [-0.15, -0.1) is 11.8 Å². The molecule has 1 N–H and O–H groups in total. The molecule has 0 aliphatic heterocycles. The summed E-state index contributed by atoms with van der Waals surface area (Å²) in [5, 5.41) is 3.23. The van der Waals surface area contributed by atoms with Crippen LogP contribution in [0, 0.1) is 6.92 Å². The Morgan fingerprint density at radius 2 is 1.52 bits per heavy atom. The summed E-state index contributed by atoms with van der Waals surface area (Å²) in [6, 6.07) is 25.8. The maximum Gasteiger partial charge on any atom is 0.253 e. The zero-order valence-electron chi connectivity index (χ0n) is 14.4. The summed E-state index contributed by atoms with van der Waals surface area (Å²) in [6.45, 7) is 2.08. The highest BCUT2D eigenvalue weighted by Crippen LogP contribution is 2.26. The third kappa shape index (κ3) is 3.94. The van der Waals surface area contributed by atoms with Gasteiger partial charge in [0.25, 0.3) is 5.91 Å².